The molecule has 0 radical (unpaired) electrons. The van der Waals surface area contributed by atoms with Crippen molar-refractivity contribution >= 4 is 34.4 Å². The van der Waals surface area contributed by atoms with Gasteiger partial charge in [0.15, 0.2) is 5.13 Å². The smallest absolute Gasteiger partial charge is 0.331 e. The van der Waals surface area contributed by atoms with E-state index in [0.717, 1.165) is 46.2 Å². The number of aromatic nitrogens is 1. The minimum Gasteiger partial charge on any atom is -0.495 e. The highest BCUT2D eigenvalue weighted by molar-refractivity contribution is 7.14. The lowest BCUT2D eigenvalue weighted by atomic mass is 9.86. The van der Waals surface area contributed by atoms with Gasteiger partial charge < -0.3 is 9.84 Å². The van der Waals surface area contributed by atoms with Crippen LogP contribution < -0.4 is 10.1 Å². The van der Waals surface area contributed by atoms with Gasteiger partial charge in [0.25, 0.3) is 5.91 Å². The fourth-order valence-corrected chi connectivity index (χ4v) is 4.80. The van der Waals surface area contributed by atoms with Gasteiger partial charge in [0.1, 0.15) is 17.4 Å². The molecule has 0 spiro atoms. The molecule has 1 aromatic heterocycles. The molecule has 0 aliphatic rings. The van der Waals surface area contributed by atoms with Crippen LogP contribution in [0.4, 0.5) is 13.9 Å². The van der Waals surface area contributed by atoms with Crippen molar-refractivity contribution in [3.8, 4) is 28.1 Å². The Labute approximate surface area is 235 Å². The highest BCUT2D eigenvalue weighted by atomic mass is 32.1. The van der Waals surface area contributed by atoms with E-state index in [4.69, 9.17) is 9.84 Å². The van der Waals surface area contributed by atoms with Gasteiger partial charge in [0.2, 0.25) is 0 Å². The van der Waals surface area contributed by atoms with Crippen LogP contribution >= 0.6 is 11.3 Å². The molecule has 0 aliphatic heterocycles. The van der Waals surface area contributed by atoms with Gasteiger partial charge in [0.05, 0.1) is 12.8 Å². The summed E-state index contributed by atoms with van der Waals surface area (Å²) in [5.74, 6) is -3.55. The summed E-state index contributed by atoms with van der Waals surface area (Å²) in [5.41, 5.74) is 3.35. The van der Waals surface area contributed by atoms with E-state index in [9.17, 15) is 18.4 Å². The van der Waals surface area contributed by atoms with E-state index in [2.05, 4.69) is 55.3 Å². The Morgan fingerprint density at radius 1 is 1.02 bits per heavy atom. The van der Waals surface area contributed by atoms with Crippen LogP contribution in [0.25, 0.3) is 28.5 Å². The molecule has 4 aromatic rings. The number of halogens is 2. The summed E-state index contributed by atoms with van der Waals surface area (Å²) in [6.45, 7) is 7.69. The first-order valence-corrected chi connectivity index (χ1v) is 13.2. The van der Waals surface area contributed by atoms with Crippen LogP contribution in [0, 0.1) is 11.6 Å². The van der Waals surface area contributed by atoms with Gasteiger partial charge in [-0.3, -0.25) is 10.1 Å². The molecule has 6 nitrogen and oxygen atoms in total. The number of carboxylic acid groups (broad SMARTS) is 1. The Bertz CT molecular complexity index is 1600. The molecule has 0 atom stereocenters. The zero-order valence-electron chi connectivity index (χ0n) is 22.6. The van der Waals surface area contributed by atoms with E-state index in [1.165, 1.54) is 12.5 Å². The van der Waals surface area contributed by atoms with Crippen LogP contribution in [-0.4, -0.2) is 29.1 Å². The molecule has 0 unspecified atom stereocenters. The number of para-hydroxylation sites is 1. The third-order valence-electron chi connectivity index (χ3n) is 6.32. The lowest BCUT2D eigenvalue weighted by molar-refractivity contribution is -0.132. The number of nitrogens with zero attached hydrogens (tertiary/aromatic N) is 1. The fourth-order valence-electron chi connectivity index (χ4n) is 4.09. The number of aliphatic carboxylic acids is 1. The predicted octanol–water partition coefficient (Wildman–Crippen LogP) is 7.80. The van der Waals surface area contributed by atoms with Gasteiger partial charge in [0, 0.05) is 33.2 Å². The Hall–Kier alpha value is -4.37. The molecule has 0 bridgehead atoms. The molecule has 4 rings (SSSR count). The number of thiazole rings is 1. The van der Waals surface area contributed by atoms with Crippen LogP contribution in [0.2, 0.25) is 0 Å². The molecule has 2 N–H and O–H groups in total. The molecule has 0 saturated heterocycles. The molecule has 1 heterocycles. The first-order chi connectivity index (χ1) is 18.9. The van der Waals surface area contributed by atoms with Gasteiger partial charge in [-0.05, 0) is 47.7 Å². The number of rotatable bonds is 7. The largest absolute Gasteiger partial charge is 0.495 e. The molecule has 0 aliphatic carbocycles. The van der Waals surface area contributed by atoms with E-state index in [-0.39, 0.29) is 21.7 Å². The maximum atomic E-state index is 14.5. The first-order valence-electron chi connectivity index (χ1n) is 12.3. The summed E-state index contributed by atoms with van der Waals surface area (Å²) in [5, 5.41) is 13.5. The van der Waals surface area contributed by atoms with Crippen LogP contribution in [0.15, 0.2) is 65.6 Å². The Morgan fingerprint density at radius 2 is 1.65 bits per heavy atom. The highest BCUT2D eigenvalue weighted by Crippen LogP contribution is 2.40. The third-order valence-corrected chi connectivity index (χ3v) is 7.08. The maximum Gasteiger partial charge on any atom is 0.331 e. The number of hydrogen-bond acceptors (Lipinski definition) is 5. The van der Waals surface area contributed by atoms with Crippen molar-refractivity contribution in [1.29, 1.82) is 0 Å². The van der Waals surface area contributed by atoms with Crippen LogP contribution in [-0.2, 0) is 10.2 Å². The Balaban J connectivity index is 1.59. The van der Waals surface area contributed by atoms with E-state index in [1.54, 1.807) is 12.5 Å². The monoisotopic (exact) mass is 562 g/mol. The normalized spacial score (nSPS) is 11.8. The Kier molecular flexibility index (Phi) is 8.16. The van der Waals surface area contributed by atoms with Crippen LogP contribution in [0.5, 0.6) is 5.75 Å². The summed E-state index contributed by atoms with van der Waals surface area (Å²) in [7, 11) is 1.58. The van der Waals surface area contributed by atoms with Gasteiger partial charge in [-0.15, -0.1) is 11.3 Å². The van der Waals surface area contributed by atoms with Crippen molar-refractivity contribution in [2.24, 2.45) is 0 Å². The number of nitrogens with one attached hydrogen (secondary N) is 1. The number of methoxy groups -OCH3 is 1. The second-order valence-electron chi connectivity index (χ2n) is 10.2. The lowest BCUT2D eigenvalue weighted by Gasteiger charge is -2.19. The number of amides is 1. The number of ether oxygens (including phenoxy) is 1. The van der Waals surface area contributed by atoms with E-state index >= 15 is 0 Å². The molecule has 0 saturated carbocycles. The van der Waals surface area contributed by atoms with Crippen molar-refractivity contribution in [3.05, 3.63) is 93.9 Å². The van der Waals surface area contributed by atoms with Crippen molar-refractivity contribution in [3.63, 3.8) is 0 Å². The highest BCUT2D eigenvalue weighted by Gasteiger charge is 2.19. The van der Waals surface area contributed by atoms with Crippen LogP contribution in [0.1, 0.15) is 49.2 Å². The molecule has 40 heavy (non-hydrogen) atoms. The summed E-state index contributed by atoms with van der Waals surface area (Å²) in [6.07, 6.45) is 0.877. The molecule has 0 fully saturated rings. The Morgan fingerprint density at radius 3 is 2.23 bits per heavy atom. The first kappa shape index (κ1) is 28.6. The SMILES string of the molecule is COc1c(-c2ccc(C(C)(C)C)cc2)cccc1-c1csc(NC(=O)c2cc(F)c(C=C(C)C(=O)O)c(F)c2)n1. The summed E-state index contributed by atoms with van der Waals surface area (Å²) >= 11 is 1.16. The van der Waals surface area contributed by atoms with E-state index < -0.39 is 29.1 Å². The van der Waals surface area contributed by atoms with E-state index in [0.29, 0.717) is 11.4 Å². The standard InChI is InChI=1S/C31H28F2N2O4S/c1-17(29(37)38)13-23-24(32)14-19(15-25(23)33)28(36)35-30-34-26(16-40-30)22-8-6-7-21(27(22)39-5)18-9-11-20(12-10-18)31(2,3)4/h6-16H,1-5H3,(H,37,38)(H,34,35,36). The molecule has 206 valence electrons. The quantitative estimate of drug-likeness (QED) is 0.224. The van der Waals surface area contributed by atoms with Crippen LogP contribution in [0.3, 0.4) is 0 Å². The number of hydrogen-bond donors (Lipinski definition) is 2. The number of carbonyl (C=O) groups is 2. The molecular formula is C31H28F2N2O4S. The van der Waals surface area contributed by atoms with Crippen molar-refractivity contribution in [2.45, 2.75) is 33.1 Å². The van der Waals surface area contributed by atoms with Crippen molar-refractivity contribution in [2.75, 3.05) is 12.4 Å². The fraction of sp³-hybridized carbons (Fsp3) is 0.194. The van der Waals surface area contributed by atoms with Gasteiger partial charge in [-0.25, -0.2) is 18.6 Å². The molecule has 1 amide bonds. The van der Waals surface area contributed by atoms with E-state index in [1.807, 2.05) is 18.2 Å². The third kappa shape index (κ3) is 6.10. The average Bonchev–Trinajstić information content (AvgIpc) is 3.37. The molecular weight excluding hydrogens is 534 g/mol. The lowest BCUT2D eigenvalue weighted by Crippen LogP contribution is -2.13. The summed E-state index contributed by atoms with van der Waals surface area (Å²) in [4.78, 5) is 28.2. The number of anilines is 1. The minimum absolute atomic E-state index is 0.0297. The van der Waals surface area contributed by atoms with Gasteiger partial charge >= 0.3 is 5.97 Å². The van der Waals surface area contributed by atoms with Crippen molar-refractivity contribution < 1.29 is 28.2 Å². The van der Waals surface area contributed by atoms with Gasteiger partial charge in [-0.2, -0.15) is 0 Å². The second kappa shape index (κ2) is 11.4. The predicted molar refractivity (Wildman–Crippen MR) is 154 cm³/mol. The average molecular weight is 563 g/mol. The number of carboxylic acids is 1. The van der Waals surface area contributed by atoms with Crippen molar-refractivity contribution in [1.82, 2.24) is 4.98 Å². The minimum atomic E-state index is -1.30. The summed E-state index contributed by atoms with van der Waals surface area (Å²) in [6, 6.07) is 15.7. The number of benzene rings is 3. The summed E-state index contributed by atoms with van der Waals surface area (Å²) < 4.78 is 34.8. The topological polar surface area (TPSA) is 88.5 Å². The second-order valence-corrected chi connectivity index (χ2v) is 11.0. The molecule has 3 aromatic carbocycles. The molecule has 9 heteroatoms. The zero-order valence-corrected chi connectivity index (χ0v) is 23.5. The zero-order chi connectivity index (χ0) is 29.2. The number of carbonyl (C=O) groups excluding carboxylic acids is 1. The maximum absolute atomic E-state index is 14.5. The van der Waals surface area contributed by atoms with Gasteiger partial charge in [-0.1, -0.05) is 57.2 Å².